The molecule has 2 unspecified atom stereocenters. The van der Waals surface area contributed by atoms with Gasteiger partial charge in [-0.05, 0) is 47.9 Å². The molecule has 1 aliphatic rings. The number of anilines is 2. The Morgan fingerprint density at radius 2 is 1.16 bits per heavy atom. The summed E-state index contributed by atoms with van der Waals surface area (Å²) < 4.78 is 0. The van der Waals surface area contributed by atoms with Gasteiger partial charge in [-0.25, -0.2) is 0 Å². The summed E-state index contributed by atoms with van der Waals surface area (Å²) in [5.41, 5.74) is 2.59. The molecule has 0 amide bonds. The monoisotopic (exact) mass is 333 g/mol. The van der Waals surface area contributed by atoms with Gasteiger partial charge in [0.2, 0.25) is 0 Å². The van der Waals surface area contributed by atoms with Crippen LogP contribution in [0.25, 0.3) is 0 Å². The molecule has 1 nitrogen and oxygen atoms in total. The summed E-state index contributed by atoms with van der Waals surface area (Å²) in [6.07, 6.45) is 4.84. The minimum Gasteiger partial charge on any atom is -0.332 e. The molecule has 0 saturated heterocycles. The van der Waals surface area contributed by atoms with Crippen LogP contribution >= 0.6 is 0 Å². The summed E-state index contributed by atoms with van der Waals surface area (Å²) in [5, 5.41) is 0. The molecule has 0 fully saturated rings. The standard InChI is InChI=1S/C24H31N/c1-19-17-18-24(6,23(4,5)22(19,2)3)25(20-13-9-7-10-14-20)21-15-11-8-12-16-21/h7-19H,1-6H3. The van der Waals surface area contributed by atoms with Crippen molar-refractivity contribution in [2.75, 3.05) is 4.90 Å². The third-order valence-corrected chi connectivity index (χ3v) is 7.22. The van der Waals surface area contributed by atoms with Crippen molar-refractivity contribution in [2.45, 2.75) is 47.1 Å². The predicted molar refractivity (Wildman–Crippen MR) is 109 cm³/mol. The van der Waals surface area contributed by atoms with Crippen molar-refractivity contribution in [3.05, 3.63) is 72.8 Å². The summed E-state index contributed by atoms with van der Waals surface area (Å²) in [6.45, 7) is 14.4. The molecule has 0 radical (unpaired) electrons. The highest BCUT2D eigenvalue weighted by atomic mass is 15.2. The Balaban J connectivity index is 2.24. The summed E-state index contributed by atoms with van der Waals surface area (Å²) in [4.78, 5) is 2.51. The van der Waals surface area contributed by atoms with Crippen LogP contribution in [-0.2, 0) is 0 Å². The lowest BCUT2D eigenvalue weighted by molar-refractivity contribution is 0.00673. The van der Waals surface area contributed by atoms with Gasteiger partial charge in [-0.15, -0.1) is 0 Å². The van der Waals surface area contributed by atoms with E-state index in [0.29, 0.717) is 5.92 Å². The normalized spacial score (nSPS) is 27.0. The van der Waals surface area contributed by atoms with E-state index >= 15 is 0 Å². The van der Waals surface area contributed by atoms with Crippen LogP contribution in [0, 0.1) is 16.7 Å². The van der Waals surface area contributed by atoms with Gasteiger partial charge in [0.1, 0.15) is 0 Å². The van der Waals surface area contributed by atoms with Gasteiger partial charge in [0.15, 0.2) is 0 Å². The van der Waals surface area contributed by atoms with Crippen LogP contribution < -0.4 is 4.90 Å². The maximum absolute atomic E-state index is 2.51. The fraction of sp³-hybridized carbons (Fsp3) is 0.417. The van der Waals surface area contributed by atoms with Crippen LogP contribution in [0.3, 0.4) is 0 Å². The predicted octanol–water partition coefficient (Wildman–Crippen LogP) is 6.84. The molecule has 0 N–H and O–H groups in total. The molecule has 2 atom stereocenters. The Kier molecular flexibility index (Phi) is 4.31. The topological polar surface area (TPSA) is 3.24 Å². The van der Waals surface area contributed by atoms with E-state index < -0.39 is 0 Å². The van der Waals surface area contributed by atoms with E-state index in [4.69, 9.17) is 0 Å². The lowest BCUT2D eigenvalue weighted by atomic mass is 9.50. The van der Waals surface area contributed by atoms with E-state index in [1.165, 1.54) is 11.4 Å². The number of rotatable bonds is 3. The second-order valence-electron chi connectivity index (χ2n) is 8.65. The smallest absolute Gasteiger partial charge is 0.0661 e. The number of benzene rings is 2. The summed E-state index contributed by atoms with van der Waals surface area (Å²) in [7, 11) is 0. The molecule has 25 heavy (non-hydrogen) atoms. The van der Waals surface area contributed by atoms with Gasteiger partial charge in [-0.1, -0.05) is 83.2 Å². The third-order valence-electron chi connectivity index (χ3n) is 7.22. The Labute approximate surface area is 153 Å². The van der Waals surface area contributed by atoms with E-state index in [0.717, 1.165) is 0 Å². The molecule has 0 heterocycles. The largest absolute Gasteiger partial charge is 0.332 e. The van der Waals surface area contributed by atoms with E-state index in [1.807, 2.05) is 0 Å². The van der Waals surface area contributed by atoms with Crippen molar-refractivity contribution in [1.29, 1.82) is 0 Å². The minimum absolute atomic E-state index is 0.0693. The Morgan fingerprint density at radius 1 is 0.720 bits per heavy atom. The first-order valence-corrected chi connectivity index (χ1v) is 9.31. The second kappa shape index (κ2) is 6.05. The maximum Gasteiger partial charge on any atom is 0.0661 e. The van der Waals surface area contributed by atoms with Crippen LogP contribution in [0.15, 0.2) is 72.8 Å². The minimum atomic E-state index is -0.133. The molecule has 2 aromatic carbocycles. The van der Waals surface area contributed by atoms with E-state index in [-0.39, 0.29) is 16.4 Å². The molecular weight excluding hydrogens is 302 g/mol. The molecule has 0 aromatic heterocycles. The second-order valence-corrected chi connectivity index (χ2v) is 8.65. The zero-order valence-electron chi connectivity index (χ0n) is 16.5. The van der Waals surface area contributed by atoms with Crippen LogP contribution in [-0.4, -0.2) is 5.54 Å². The Bertz CT molecular complexity index is 703. The van der Waals surface area contributed by atoms with E-state index in [9.17, 15) is 0 Å². The van der Waals surface area contributed by atoms with E-state index in [1.54, 1.807) is 0 Å². The fourth-order valence-corrected chi connectivity index (χ4v) is 4.20. The average molecular weight is 334 g/mol. The Morgan fingerprint density at radius 3 is 1.60 bits per heavy atom. The summed E-state index contributed by atoms with van der Waals surface area (Å²) in [6, 6.07) is 21.5. The van der Waals surface area contributed by atoms with Crippen LogP contribution in [0.2, 0.25) is 0 Å². The molecule has 0 saturated carbocycles. The fourth-order valence-electron chi connectivity index (χ4n) is 4.20. The summed E-state index contributed by atoms with van der Waals surface area (Å²) >= 11 is 0. The number of para-hydroxylation sites is 2. The summed E-state index contributed by atoms with van der Waals surface area (Å²) in [5.74, 6) is 0.545. The SMILES string of the molecule is CC1C=CC(C)(N(c2ccccc2)c2ccccc2)C(C)(C)C1(C)C. The first-order valence-electron chi connectivity index (χ1n) is 9.31. The van der Waals surface area contributed by atoms with Crippen molar-refractivity contribution < 1.29 is 0 Å². The van der Waals surface area contributed by atoms with Gasteiger partial charge in [-0.3, -0.25) is 0 Å². The molecule has 132 valence electrons. The number of hydrogen-bond donors (Lipinski definition) is 0. The molecule has 1 heteroatoms. The molecule has 2 aromatic rings. The average Bonchev–Trinajstić information content (AvgIpc) is 2.60. The number of allylic oxidation sites excluding steroid dienone is 1. The zero-order valence-corrected chi connectivity index (χ0v) is 16.5. The first-order chi connectivity index (χ1) is 11.7. The highest BCUT2D eigenvalue weighted by Crippen LogP contribution is 2.58. The molecular formula is C24H31N. The molecule has 1 aliphatic carbocycles. The lowest BCUT2D eigenvalue weighted by Gasteiger charge is -2.61. The zero-order chi connectivity index (χ0) is 18.3. The first kappa shape index (κ1) is 17.8. The molecule has 0 spiro atoms. The van der Waals surface area contributed by atoms with Crippen molar-refractivity contribution in [1.82, 2.24) is 0 Å². The van der Waals surface area contributed by atoms with Crippen LogP contribution in [0.4, 0.5) is 11.4 Å². The van der Waals surface area contributed by atoms with Crippen LogP contribution in [0.1, 0.15) is 41.5 Å². The van der Waals surface area contributed by atoms with Crippen molar-refractivity contribution in [2.24, 2.45) is 16.7 Å². The van der Waals surface area contributed by atoms with Gasteiger partial charge in [0, 0.05) is 11.4 Å². The highest BCUT2D eigenvalue weighted by molar-refractivity contribution is 5.67. The third kappa shape index (κ3) is 2.61. The van der Waals surface area contributed by atoms with Crippen molar-refractivity contribution in [3.8, 4) is 0 Å². The van der Waals surface area contributed by atoms with Gasteiger partial charge < -0.3 is 4.90 Å². The lowest BCUT2D eigenvalue weighted by Crippen LogP contribution is -2.62. The van der Waals surface area contributed by atoms with Gasteiger partial charge >= 0.3 is 0 Å². The number of nitrogens with zero attached hydrogens (tertiary/aromatic N) is 1. The quantitative estimate of drug-likeness (QED) is 0.556. The molecule has 0 bridgehead atoms. The van der Waals surface area contributed by atoms with Crippen molar-refractivity contribution in [3.63, 3.8) is 0 Å². The maximum atomic E-state index is 2.51. The Hall–Kier alpha value is -2.02. The van der Waals surface area contributed by atoms with E-state index in [2.05, 4.69) is 119 Å². The van der Waals surface area contributed by atoms with Gasteiger partial charge in [0.05, 0.1) is 5.54 Å². The molecule has 0 aliphatic heterocycles. The number of hydrogen-bond acceptors (Lipinski definition) is 1. The van der Waals surface area contributed by atoms with Crippen LogP contribution in [0.5, 0.6) is 0 Å². The highest BCUT2D eigenvalue weighted by Gasteiger charge is 2.56. The molecule has 3 rings (SSSR count). The van der Waals surface area contributed by atoms with Gasteiger partial charge in [-0.2, -0.15) is 0 Å². The van der Waals surface area contributed by atoms with Crippen molar-refractivity contribution >= 4 is 11.4 Å². The van der Waals surface area contributed by atoms with Gasteiger partial charge in [0.25, 0.3) is 0 Å².